The van der Waals surface area contributed by atoms with Crippen LogP contribution in [0.1, 0.15) is 21.6 Å². The molecule has 0 fully saturated rings. The normalized spacial score (nSPS) is 10.9. The maximum absolute atomic E-state index is 12.1. The third-order valence-electron chi connectivity index (χ3n) is 4.22. The van der Waals surface area contributed by atoms with E-state index in [9.17, 15) is 4.79 Å². The zero-order chi connectivity index (χ0) is 20.1. The van der Waals surface area contributed by atoms with Crippen molar-refractivity contribution in [3.8, 4) is 16.9 Å². The molecule has 29 heavy (non-hydrogen) atoms. The molecule has 2 aromatic carbocycles. The summed E-state index contributed by atoms with van der Waals surface area (Å²) >= 11 is 0. The lowest BCUT2D eigenvalue weighted by Crippen LogP contribution is -2.19. The van der Waals surface area contributed by atoms with Crippen molar-refractivity contribution >= 4 is 12.1 Å². The average Bonchev–Trinajstić information content (AvgIpc) is 3.19. The van der Waals surface area contributed by atoms with Gasteiger partial charge in [-0.2, -0.15) is 10.2 Å². The van der Waals surface area contributed by atoms with Crippen molar-refractivity contribution in [2.24, 2.45) is 5.10 Å². The molecule has 142 valence electrons. The van der Waals surface area contributed by atoms with Gasteiger partial charge in [0.25, 0.3) is 5.91 Å². The highest BCUT2D eigenvalue weighted by atomic mass is 16.2. The topological polar surface area (TPSA) is 85.1 Å². The van der Waals surface area contributed by atoms with E-state index < -0.39 is 5.91 Å². The average molecular weight is 382 g/mol. The molecular weight excluding hydrogens is 364 g/mol. The van der Waals surface area contributed by atoms with Crippen LogP contribution >= 0.6 is 0 Å². The molecular formula is C22H18N6O. The Labute approximate surface area is 167 Å². The molecule has 0 saturated carbocycles. The first-order chi connectivity index (χ1) is 14.2. The Kier molecular flexibility index (Phi) is 5.20. The monoisotopic (exact) mass is 382 g/mol. The number of carbonyl (C=O) groups is 1. The summed E-state index contributed by atoms with van der Waals surface area (Å²) in [6, 6.07) is 17.9. The SMILES string of the molecule is Cc1cccc(-c2nn(-c3ccccc3)cc2C=NNC(=O)c2cnccn2)c1. The van der Waals surface area contributed by atoms with Gasteiger partial charge in [0.15, 0.2) is 0 Å². The minimum absolute atomic E-state index is 0.198. The Balaban J connectivity index is 1.66. The van der Waals surface area contributed by atoms with Gasteiger partial charge in [0.1, 0.15) is 11.4 Å². The standard InChI is InChI=1S/C22H18N6O/c1-16-6-5-7-17(12-16)21-18(15-28(27-21)19-8-3-2-4-9-19)13-25-26-22(29)20-14-23-10-11-24-20/h2-15H,1H3,(H,26,29). The summed E-state index contributed by atoms with van der Waals surface area (Å²) in [7, 11) is 0. The fourth-order valence-corrected chi connectivity index (χ4v) is 2.85. The van der Waals surface area contributed by atoms with Crippen LogP contribution < -0.4 is 5.43 Å². The maximum Gasteiger partial charge on any atom is 0.291 e. The predicted molar refractivity (Wildman–Crippen MR) is 111 cm³/mol. The molecule has 0 bridgehead atoms. The molecule has 2 aromatic heterocycles. The summed E-state index contributed by atoms with van der Waals surface area (Å²) in [5, 5.41) is 8.83. The molecule has 1 N–H and O–H groups in total. The van der Waals surface area contributed by atoms with Crippen LogP contribution in [0.2, 0.25) is 0 Å². The van der Waals surface area contributed by atoms with Crippen LogP contribution in [0.15, 0.2) is 84.5 Å². The van der Waals surface area contributed by atoms with Crippen molar-refractivity contribution in [1.82, 2.24) is 25.2 Å². The molecule has 0 aliphatic carbocycles. The highest BCUT2D eigenvalue weighted by molar-refractivity contribution is 5.94. The molecule has 7 heteroatoms. The van der Waals surface area contributed by atoms with E-state index in [4.69, 9.17) is 5.10 Å². The molecule has 0 atom stereocenters. The van der Waals surface area contributed by atoms with E-state index in [1.54, 1.807) is 10.9 Å². The molecule has 2 heterocycles. The van der Waals surface area contributed by atoms with Crippen LogP contribution in [0.5, 0.6) is 0 Å². The van der Waals surface area contributed by atoms with Gasteiger partial charge >= 0.3 is 0 Å². The van der Waals surface area contributed by atoms with Crippen molar-refractivity contribution in [2.75, 3.05) is 0 Å². The Hall–Kier alpha value is -4.13. The molecule has 0 radical (unpaired) electrons. The quantitative estimate of drug-likeness (QED) is 0.423. The number of nitrogens with zero attached hydrogens (tertiary/aromatic N) is 5. The lowest BCUT2D eigenvalue weighted by molar-refractivity contribution is 0.0949. The number of amides is 1. The molecule has 0 unspecified atom stereocenters. The smallest absolute Gasteiger partial charge is 0.265 e. The Morgan fingerprint density at radius 3 is 2.72 bits per heavy atom. The molecule has 1 amide bonds. The van der Waals surface area contributed by atoms with Gasteiger partial charge in [0, 0.05) is 29.7 Å². The van der Waals surface area contributed by atoms with Gasteiger partial charge in [-0.25, -0.2) is 15.1 Å². The minimum Gasteiger partial charge on any atom is -0.265 e. The van der Waals surface area contributed by atoms with E-state index in [-0.39, 0.29) is 5.69 Å². The zero-order valence-corrected chi connectivity index (χ0v) is 15.7. The molecule has 7 nitrogen and oxygen atoms in total. The second-order valence-electron chi connectivity index (χ2n) is 6.37. The van der Waals surface area contributed by atoms with Crippen molar-refractivity contribution in [2.45, 2.75) is 6.92 Å². The first kappa shape index (κ1) is 18.2. The van der Waals surface area contributed by atoms with Gasteiger partial charge in [-0.3, -0.25) is 9.78 Å². The number of nitrogens with one attached hydrogen (secondary N) is 1. The van der Waals surface area contributed by atoms with Gasteiger partial charge in [-0.05, 0) is 25.1 Å². The van der Waals surface area contributed by atoms with Crippen molar-refractivity contribution in [3.05, 3.63) is 96.2 Å². The number of aryl methyl sites for hydroxylation is 1. The number of hydrogen-bond acceptors (Lipinski definition) is 5. The predicted octanol–water partition coefficient (Wildman–Crippen LogP) is 3.40. The number of aromatic nitrogens is 4. The molecule has 0 aliphatic heterocycles. The Bertz CT molecular complexity index is 1150. The largest absolute Gasteiger partial charge is 0.291 e. The fourth-order valence-electron chi connectivity index (χ4n) is 2.85. The second kappa shape index (κ2) is 8.26. The van der Waals surface area contributed by atoms with E-state index >= 15 is 0 Å². The van der Waals surface area contributed by atoms with E-state index in [1.807, 2.05) is 61.7 Å². The molecule has 0 aliphatic rings. The Morgan fingerprint density at radius 2 is 1.97 bits per heavy atom. The summed E-state index contributed by atoms with van der Waals surface area (Å²) in [6.07, 6.45) is 7.81. The van der Waals surface area contributed by atoms with E-state index in [0.29, 0.717) is 0 Å². The van der Waals surface area contributed by atoms with Crippen LogP contribution in [0, 0.1) is 6.92 Å². The lowest BCUT2D eigenvalue weighted by Gasteiger charge is -2.01. The lowest BCUT2D eigenvalue weighted by atomic mass is 10.1. The van der Waals surface area contributed by atoms with Crippen molar-refractivity contribution < 1.29 is 4.79 Å². The Morgan fingerprint density at radius 1 is 1.10 bits per heavy atom. The summed E-state index contributed by atoms with van der Waals surface area (Å²) < 4.78 is 1.80. The highest BCUT2D eigenvalue weighted by Gasteiger charge is 2.12. The second-order valence-corrected chi connectivity index (χ2v) is 6.37. The maximum atomic E-state index is 12.1. The number of benzene rings is 2. The van der Waals surface area contributed by atoms with Crippen LogP contribution in [-0.2, 0) is 0 Å². The molecule has 4 rings (SSSR count). The summed E-state index contributed by atoms with van der Waals surface area (Å²) in [5.74, 6) is -0.429. The van der Waals surface area contributed by atoms with Crippen LogP contribution in [0.3, 0.4) is 0 Å². The van der Waals surface area contributed by atoms with Crippen LogP contribution in [-0.4, -0.2) is 31.9 Å². The number of rotatable bonds is 5. The number of hydrogen-bond donors (Lipinski definition) is 1. The van der Waals surface area contributed by atoms with Gasteiger partial charge in [-0.15, -0.1) is 0 Å². The zero-order valence-electron chi connectivity index (χ0n) is 15.7. The third-order valence-corrected chi connectivity index (χ3v) is 4.22. The van der Waals surface area contributed by atoms with Crippen molar-refractivity contribution in [3.63, 3.8) is 0 Å². The van der Waals surface area contributed by atoms with Crippen LogP contribution in [0.4, 0.5) is 0 Å². The first-order valence-electron chi connectivity index (χ1n) is 9.02. The molecule has 0 saturated heterocycles. The molecule has 0 spiro atoms. The van der Waals surface area contributed by atoms with Gasteiger partial charge in [-0.1, -0.05) is 42.0 Å². The highest BCUT2D eigenvalue weighted by Crippen LogP contribution is 2.23. The molecule has 4 aromatic rings. The van der Waals surface area contributed by atoms with E-state index in [2.05, 4.69) is 26.6 Å². The van der Waals surface area contributed by atoms with Crippen LogP contribution in [0.25, 0.3) is 16.9 Å². The van der Waals surface area contributed by atoms with Gasteiger partial charge in [0.2, 0.25) is 0 Å². The van der Waals surface area contributed by atoms with Gasteiger partial charge in [0.05, 0.1) is 18.1 Å². The number of hydrazone groups is 1. The van der Waals surface area contributed by atoms with E-state index in [1.165, 1.54) is 18.6 Å². The number of carbonyl (C=O) groups excluding carboxylic acids is 1. The van der Waals surface area contributed by atoms with Gasteiger partial charge < -0.3 is 0 Å². The summed E-state index contributed by atoms with van der Waals surface area (Å²) in [6.45, 7) is 2.03. The first-order valence-corrected chi connectivity index (χ1v) is 9.02. The summed E-state index contributed by atoms with van der Waals surface area (Å²) in [5.41, 5.74) is 7.27. The third kappa shape index (κ3) is 4.24. The number of para-hydroxylation sites is 1. The minimum atomic E-state index is -0.429. The summed E-state index contributed by atoms with van der Waals surface area (Å²) in [4.78, 5) is 20.0. The van der Waals surface area contributed by atoms with Crippen molar-refractivity contribution in [1.29, 1.82) is 0 Å². The van der Waals surface area contributed by atoms with E-state index in [0.717, 1.165) is 28.1 Å². The fraction of sp³-hybridized carbons (Fsp3) is 0.0455.